The average molecular weight is 460 g/mol. The summed E-state index contributed by atoms with van der Waals surface area (Å²) in [7, 11) is 1.53. The summed E-state index contributed by atoms with van der Waals surface area (Å²) in [6.07, 6.45) is 5.00. The maximum atomic E-state index is 12.9. The van der Waals surface area contributed by atoms with E-state index >= 15 is 0 Å². The van der Waals surface area contributed by atoms with E-state index in [4.69, 9.17) is 9.47 Å². The minimum Gasteiger partial charge on any atom is -0.495 e. The molecule has 2 fully saturated rings. The quantitative estimate of drug-likeness (QED) is 0.295. The Morgan fingerprint density at radius 3 is 2.35 bits per heavy atom. The van der Waals surface area contributed by atoms with Gasteiger partial charge in [-0.2, -0.15) is 0 Å². The number of amides is 3. The number of imide groups is 1. The molecule has 2 saturated heterocycles. The van der Waals surface area contributed by atoms with E-state index < -0.39 is 11.9 Å². The van der Waals surface area contributed by atoms with E-state index in [0.717, 1.165) is 0 Å². The van der Waals surface area contributed by atoms with E-state index in [-0.39, 0.29) is 48.3 Å². The third-order valence-electron chi connectivity index (χ3n) is 6.64. The second-order valence-electron chi connectivity index (χ2n) is 8.66. The molecule has 3 aliphatic rings. The number of carbonyl (C=O) groups is 4. The number of benzene rings is 2. The molecule has 0 spiro atoms. The number of anilines is 2. The summed E-state index contributed by atoms with van der Waals surface area (Å²) in [4.78, 5) is 53.9. The number of ether oxygens (including phenoxy) is 2. The second kappa shape index (κ2) is 8.78. The maximum absolute atomic E-state index is 12.9. The fourth-order valence-corrected chi connectivity index (χ4v) is 4.89. The number of nitrogens with zero attached hydrogens (tertiary/aromatic N) is 2. The van der Waals surface area contributed by atoms with Crippen LogP contribution >= 0.6 is 0 Å². The van der Waals surface area contributed by atoms with Crippen molar-refractivity contribution in [3.63, 3.8) is 0 Å². The summed E-state index contributed by atoms with van der Waals surface area (Å²) in [5, 5.41) is 0. The molecule has 2 aromatic rings. The van der Waals surface area contributed by atoms with Gasteiger partial charge in [-0.3, -0.25) is 19.2 Å². The van der Waals surface area contributed by atoms with Gasteiger partial charge in [-0.1, -0.05) is 30.4 Å². The molecule has 5 rings (SSSR count). The van der Waals surface area contributed by atoms with Crippen LogP contribution in [0.25, 0.3) is 0 Å². The fraction of sp³-hybridized carbons (Fsp3) is 0.308. The first kappa shape index (κ1) is 21.9. The lowest BCUT2D eigenvalue weighted by Gasteiger charge is -2.19. The number of rotatable bonds is 5. The summed E-state index contributed by atoms with van der Waals surface area (Å²) >= 11 is 0. The van der Waals surface area contributed by atoms with Crippen molar-refractivity contribution in [3.05, 3.63) is 60.7 Å². The normalized spacial score (nSPS) is 23.9. The molecule has 3 atom stereocenters. The van der Waals surface area contributed by atoms with Crippen LogP contribution in [0.5, 0.6) is 11.5 Å². The Balaban J connectivity index is 1.30. The van der Waals surface area contributed by atoms with Crippen molar-refractivity contribution >= 4 is 35.1 Å². The van der Waals surface area contributed by atoms with E-state index in [1.54, 1.807) is 36.4 Å². The smallest absolute Gasteiger partial charge is 0.316 e. The van der Waals surface area contributed by atoms with Crippen LogP contribution in [0.1, 0.15) is 19.3 Å². The molecule has 0 unspecified atom stereocenters. The Kier molecular flexibility index (Phi) is 5.65. The first-order valence-corrected chi connectivity index (χ1v) is 11.3. The molecule has 2 aliphatic heterocycles. The average Bonchev–Trinajstić information content (AvgIpc) is 3.36. The Hall–Kier alpha value is -3.94. The molecule has 34 heavy (non-hydrogen) atoms. The summed E-state index contributed by atoms with van der Waals surface area (Å²) in [5.41, 5.74) is 0.988. The number of fused-ring (bicyclic) bond motifs is 1. The van der Waals surface area contributed by atoms with Gasteiger partial charge in [0.15, 0.2) is 0 Å². The summed E-state index contributed by atoms with van der Waals surface area (Å²) in [6, 6.07) is 13.5. The Bertz CT molecular complexity index is 1180. The highest BCUT2D eigenvalue weighted by Gasteiger charge is 2.48. The van der Waals surface area contributed by atoms with Gasteiger partial charge in [0.05, 0.1) is 36.2 Å². The number of allylic oxidation sites excluding steroid dienone is 2. The molecule has 0 saturated carbocycles. The molecule has 0 radical (unpaired) electrons. The maximum Gasteiger partial charge on any atom is 0.316 e. The van der Waals surface area contributed by atoms with Gasteiger partial charge in [0.2, 0.25) is 17.7 Å². The van der Waals surface area contributed by atoms with Crippen LogP contribution in [0.3, 0.4) is 0 Å². The molecule has 174 valence electrons. The van der Waals surface area contributed by atoms with Gasteiger partial charge in [0.25, 0.3) is 0 Å². The molecule has 2 heterocycles. The Morgan fingerprint density at radius 2 is 1.65 bits per heavy atom. The van der Waals surface area contributed by atoms with Crippen LogP contribution in [-0.2, 0) is 19.2 Å². The predicted molar refractivity (Wildman–Crippen MR) is 123 cm³/mol. The monoisotopic (exact) mass is 460 g/mol. The highest BCUT2D eigenvalue weighted by atomic mass is 16.5. The van der Waals surface area contributed by atoms with Gasteiger partial charge in [-0.25, -0.2) is 4.90 Å². The number of para-hydroxylation sites is 2. The standard InChI is InChI=1S/C26H24N2O6/c1-33-22-12-5-4-11-21(22)27-15-16(13-23(27)29)26(32)34-18-8-6-7-17(14-18)28-24(30)19-9-2-3-10-20(19)25(28)31/h2-8,11-12,14,16,19-20H,9-10,13,15H2,1H3/t16-,19-,20+/m1/s1. The van der Waals surface area contributed by atoms with E-state index in [1.807, 2.05) is 18.2 Å². The highest BCUT2D eigenvalue weighted by molar-refractivity contribution is 6.22. The topological polar surface area (TPSA) is 93.2 Å². The van der Waals surface area contributed by atoms with Crippen LogP contribution in [-0.4, -0.2) is 37.3 Å². The summed E-state index contributed by atoms with van der Waals surface area (Å²) in [6.45, 7) is 0.178. The molecule has 0 aromatic heterocycles. The van der Waals surface area contributed by atoms with Crippen LogP contribution in [0, 0.1) is 17.8 Å². The van der Waals surface area contributed by atoms with Crippen LogP contribution in [0.15, 0.2) is 60.7 Å². The van der Waals surface area contributed by atoms with Gasteiger partial charge >= 0.3 is 5.97 Å². The number of methoxy groups -OCH3 is 1. The molecule has 8 heteroatoms. The lowest BCUT2D eigenvalue weighted by molar-refractivity contribution is -0.139. The first-order chi connectivity index (χ1) is 16.5. The van der Waals surface area contributed by atoms with Gasteiger partial charge in [0, 0.05) is 19.0 Å². The SMILES string of the molecule is COc1ccccc1N1C[C@H](C(=O)Oc2cccc(N3C(=O)[C@H]4CC=CC[C@H]4C3=O)c2)CC1=O. The van der Waals surface area contributed by atoms with Crippen LogP contribution < -0.4 is 19.3 Å². The zero-order chi connectivity index (χ0) is 23.8. The van der Waals surface area contributed by atoms with Crippen LogP contribution in [0.2, 0.25) is 0 Å². The molecule has 8 nitrogen and oxygen atoms in total. The van der Waals surface area contributed by atoms with Crippen molar-refractivity contribution in [2.75, 3.05) is 23.5 Å². The number of hydrogen-bond donors (Lipinski definition) is 0. The van der Waals surface area contributed by atoms with Crippen molar-refractivity contribution in [3.8, 4) is 11.5 Å². The van der Waals surface area contributed by atoms with Crippen molar-refractivity contribution in [1.82, 2.24) is 0 Å². The second-order valence-corrected chi connectivity index (χ2v) is 8.66. The van der Waals surface area contributed by atoms with E-state index in [0.29, 0.717) is 30.0 Å². The summed E-state index contributed by atoms with van der Waals surface area (Å²) in [5.74, 6) is -1.74. The summed E-state index contributed by atoms with van der Waals surface area (Å²) < 4.78 is 10.9. The minimum absolute atomic E-state index is 0.0238. The lowest BCUT2D eigenvalue weighted by atomic mass is 9.85. The number of hydrogen-bond acceptors (Lipinski definition) is 6. The van der Waals surface area contributed by atoms with E-state index in [2.05, 4.69) is 0 Å². The molecule has 3 amide bonds. The van der Waals surface area contributed by atoms with Crippen LogP contribution in [0.4, 0.5) is 11.4 Å². The van der Waals surface area contributed by atoms with Gasteiger partial charge < -0.3 is 14.4 Å². The highest BCUT2D eigenvalue weighted by Crippen LogP contribution is 2.39. The van der Waals surface area contributed by atoms with E-state index in [9.17, 15) is 19.2 Å². The van der Waals surface area contributed by atoms with Crippen molar-refractivity contribution in [1.29, 1.82) is 0 Å². The van der Waals surface area contributed by atoms with Gasteiger partial charge in [-0.05, 0) is 37.1 Å². The van der Waals surface area contributed by atoms with E-state index in [1.165, 1.54) is 23.0 Å². The molecule has 0 N–H and O–H groups in total. The van der Waals surface area contributed by atoms with Crippen molar-refractivity contribution < 1.29 is 28.7 Å². The minimum atomic E-state index is -0.648. The van der Waals surface area contributed by atoms with Crippen molar-refractivity contribution in [2.45, 2.75) is 19.3 Å². The van der Waals surface area contributed by atoms with Crippen molar-refractivity contribution in [2.24, 2.45) is 17.8 Å². The lowest BCUT2D eigenvalue weighted by Crippen LogP contribution is -2.31. The first-order valence-electron chi connectivity index (χ1n) is 11.3. The van der Waals surface area contributed by atoms with Gasteiger partial charge in [0.1, 0.15) is 11.5 Å². The fourth-order valence-electron chi connectivity index (χ4n) is 4.89. The third-order valence-corrected chi connectivity index (χ3v) is 6.64. The number of esters is 1. The molecule has 0 bridgehead atoms. The van der Waals surface area contributed by atoms with Gasteiger partial charge in [-0.15, -0.1) is 0 Å². The zero-order valence-corrected chi connectivity index (χ0v) is 18.7. The predicted octanol–water partition coefficient (Wildman–Crippen LogP) is 3.11. The Labute approximate surface area is 196 Å². The molecular formula is C26H24N2O6. The molecular weight excluding hydrogens is 436 g/mol. The number of carbonyl (C=O) groups excluding carboxylic acids is 4. The largest absolute Gasteiger partial charge is 0.495 e. The Morgan fingerprint density at radius 1 is 0.941 bits per heavy atom. The molecule has 2 aromatic carbocycles. The molecule has 1 aliphatic carbocycles. The zero-order valence-electron chi connectivity index (χ0n) is 18.7. The third kappa shape index (κ3) is 3.75.